The Hall–Kier alpha value is -5.60. The van der Waals surface area contributed by atoms with E-state index in [1.54, 1.807) is 24.8 Å². The number of ether oxygens (including phenoxy) is 1. The van der Waals surface area contributed by atoms with Crippen molar-refractivity contribution < 1.29 is 4.74 Å². The SMILES string of the molecule is [C-]#[N+]c1ncc(-c2cccc(-c3cnc(C#N)nc3)c2N2c3ccccc3Oc3ccccc32)cn1. The van der Waals surface area contributed by atoms with Crippen LogP contribution in [0.2, 0.25) is 0 Å². The molecule has 0 atom stereocenters. The fourth-order valence-electron chi connectivity index (χ4n) is 4.24. The van der Waals surface area contributed by atoms with E-state index in [9.17, 15) is 5.26 Å². The van der Waals surface area contributed by atoms with Gasteiger partial charge in [0.05, 0.1) is 35.0 Å². The zero-order valence-electron chi connectivity index (χ0n) is 18.7. The van der Waals surface area contributed by atoms with Crippen LogP contribution in [0.4, 0.5) is 23.0 Å². The van der Waals surface area contributed by atoms with E-state index in [0.717, 1.165) is 39.3 Å². The van der Waals surface area contributed by atoms with Crippen molar-refractivity contribution in [3.05, 3.63) is 109 Å². The molecule has 5 aromatic rings. The molecule has 0 aliphatic carbocycles. The molecule has 0 radical (unpaired) electrons. The Kier molecular flexibility index (Phi) is 5.03. The maximum absolute atomic E-state index is 9.18. The smallest absolute Gasteiger partial charge is 0.371 e. The van der Waals surface area contributed by atoms with Crippen LogP contribution in [0.5, 0.6) is 11.5 Å². The largest absolute Gasteiger partial charge is 0.453 e. The van der Waals surface area contributed by atoms with Gasteiger partial charge in [0.25, 0.3) is 0 Å². The van der Waals surface area contributed by atoms with E-state index in [1.807, 2.05) is 72.8 Å². The van der Waals surface area contributed by atoms with E-state index in [-0.39, 0.29) is 11.8 Å². The lowest BCUT2D eigenvalue weighted by atomic mass is 9.96. The van der Waals surface area contributed by atoms with Gasteiger partial charge in [-0.3, -0.25) is 0 Å². The van der Waals surface area contributed by atoms with Gasteiger partial charge in [0.15, 0.2) is 11.5 Å². The first-order valence-corrected chi connectivity index (χ1v) is 11.0. The Morgan fingerprint density at radius 1 is 0.722 bits per heavy atom. The van der Waals surface area contributed by atoms with Crippen molar-refractivity contribution in [1.29, 1.82) is 5.26 Å². The molecule has 3 aromatic carbocycles. The summed E-state index contributed by atoms with van der Waals surface area (Å²) in [7, 11) is 0. The lowest BCUT2D eigenvalue weighted by Gasteiger charge is -2.35. The molecule has 1 aliphatic rings. The zero-order valence-corrected chi connectivity index (χ0v) is 18.7. The highest BCUT2D eigenvalue weighted by Crippen LogP contribution is 2.54. The van der Waals surface area contributed by atoms with Gasteiger partial charge in [0, 0.05) is 29.1 Å². The summed E-state index contributed by atoms with van der Waals surface area (Å²) in [5.41, 5.74) is 5.74. The van der Waals surface area contributed by atoms with Gasteiger partial charge in [-0.25, -0.2) is 9.97 Å². The molecule has 0 amide bonds. The normalized spacial score (nSPS) is 11.4. The molecule has 0 unspecified atom stereocenters. The van der Waals surface area contributed by atoms with E-state index in [1.165, 1.54) is 0 Å². The fourth-order valence-corrected chi connectivity index (χ4v) is 4.24. The van der Waals surface area contributed by atoms with E-state index in [4.69, 9.17) is 11.3 Å². The van der Waals surface area contributed by atoms with Crippen LogP contribution in [0.25, 0.3) is 27.1 Å². The molecular weight excluding hydrogens is 450 g/mol. The van der Waals surface area contributed by atoms with Gasteiger partial charge in [-0.2, -0.15) is 15.2 Å². The van der Waals surface area contributed by atoms with Crippen molar-refractivity contribution in [3.63, 3.8) is 0 Å². The number of para-hydroxylation sites is 5. The first-order chi connectivity index (χ1) is 17.8. The van der Waals surface area contributed by atoms with E-state index < -0.39 is 0 Å². The standard InChI is InChI=1S/C28H15N7O/c1-30-28-33-16-19(17-34-28)21-8-6-7-20(18-14-31-26(13-29)32-15-18)27(21)35-22-9-2-4-11-24(22)36-25-12-5-3-10-23(25)35/h2-12,14-17H. The average Bonchev–Trinajstić information content (AvgIpc) is 2.95. The fraction of sp³-hybridized carbons (Fsp3) is 0. The van der Waals surface area contributed by atoms with Crippen molar-refractivity contribution in [3.8, 4) is 39.8 Å². The molecule has 0 saturated heterocycles. The van der Waals surface area contributed by atoms with Crippen LogP contribution in [0.3, 0.4) is 0 Å². The summed E-state index contributed by atoms with van der Waals surface area (Å²) in [4.78, 5) is 22.3. The molecule has 168 valence electrons. The number of fused-ring (bicyclic) bond motifs is 2. The topological polar surface area (TPSA) is 92.2 Å². The number of hydrogen-bond donors (Lipinski definition) is 0. The van der Waals surface area contributed by atoms with Crippen LogP contribution in [-0.2, 0) is 0 Å². The summed E-state index contributed by atoms with van der Waals surface area (Å²) >= 11 is 0. The number of hydrogen-bond acceptors (Lipinski definition) is 7. The second-order valence-electron chi connectivity index (χ2n) is 7.87. The minimum absolute atomic E-state index is 0.0824. The van der Waals surface area contributed by atoms with Crippen molar-refractivity contribution in [1.82, 2.24) is 19.9 Å². The highest BCUT2D eigenvalue weighted by atomic mass is 16.5. The van der Waals surface area contributed by atoms with Crippen LogP contribution in [0, 0.1) is 17.9 Å². The van der Waals surface area contributed by atoms with Crippen LogP contribution in [0.15, 0.2) is 91.5 Å². The number of rotatable bonds is 3. The maximum Gasteiger partial charge on any atom is 0.371 e. The molecule has 0 bridgehead atoms. The molecule has 0 fully saturated rings. The van der Waals surface area contributed by atoms with Gasteiger partial charge < -0.3 is 14.5 Å². The van der Waals surface area contributed by atoms with Gasteiger partial charge in [0.2, 0.25) is 5.82 Å². The number of nitrogens with zero attached hydrogens (tertiary/aromatic N) is 7. The monoisotopic (exact) mass is 465 g/mol. The summed E-state index contributed by atoms with van der Waals surface area (Å²) in [6.07, 6.45) is 6.59. The Balaban J connectivity index is 1.67. The van der Waals surface area contributed by atoms with Gasteiger partial charge in [-0.05, 0) is 24.3 Å². The Morgan fingerprint density at radius 3 is 1.78 bits per heavy atom. The molecule has 8 heteroatoms. The highest BCUT2D eigenvalue weighted by Gasteiger charge is 2.29. The highest BCUT2D eigenvalue weighted by molar-refractivity contribution is 5.99. The predicted molar refractivity (Wildman–Crippen MR) is 134 cm³/mol. The van der Waals surface area contributed by atoms with Crippen LogP contribution >= 0.6 is 0 Å². The second-order valence-corrected chi connectivity index (χ2v) is 7.87. The van der Waals surface area contributed by atoms with E-state index in [0.29, 0.717) is 11.5 Å². The van der Waals surface area contributed by atoms with Crippen molar-refractivity contribution in [2.75, 3.05) is 4.90 Å². The first-order valence-electron chi connectivity index (χ1n) is 11.0. The van der Waals surface area contributed by atoms with Crippen LogP contribution in [-0.4, -0.2) is 19.9 Å². The molecule has 0 spiro atoms. The van der Waals surface area contributed by atoms with Crippen LogP contribution < -0.4 is 9.64 Å². The molecule has 0 saturated carbocycles. The molecule has 1 aliphatic heterocycles. The number of benzene rings is 3. The Morgan fingerprint density at radius 2 is 1.25 bits per heavy atom. The first kappa shape index (κ1) is 21.0. The maximum atomic E-state index is 9.18. The summed E-state index contributed by atoms with van der Waals surface area (Å²) in [5, 5.41) is 9.18. The second kappa shape index (κ2) is 8.64. The summed E-state index contributed by atoms with van der Waals surface area (Å²) in [6, 6.07) is 23.5. The number of anilines is 3. The Labute approximate surface area is 206 Å². The number of aromatic nitrogens is 4. The van der Waals surface area contributed by atoms with Gasteiger partial charge in [0.1, 0.15) is 6.07 Å². The van der Waals surface area contributed by atoms with E-state index >= 15 is 0 Å². The predicted octanol–water partition coefficient (Wildman–Crippen LogP) is 6.60. The van der Waals surface area contributed by atoms with Crippen molar-refractivity contribution in [2.45, 2.75) is 0 Å². The number of nitriles is 1. The molecule has 0 N–H and O–H groups in total. The van der Waals surface area contributed by atoms with Crippen molar-refractivity contribution in [2.24, 2.45) is 0 Å². The van der Waals surface area contributed by atoms with E-state index in [2.05, 4.69) is 29.7 Å². The van der Waals surface area contributed by atoms with Gasteiger partial charge in [-0.1, -0.05) is 42.5 Å². The summed E-state index contributed by atoms with van der Waals surface area (Å²) in [5.74, 6) is 1.61. The van der Waals surface area contributed by atoms with Crippen LogP contribution in [0.1, 0.15) is 5.82 Å². The summed E-state index contributed by atoms with van der Waals surface area (Å²) < 4.78 is 6.22. The lowest BCUT2D eigenvalue weighted by Crippen LogP contribution is -2.17. The molecule has 3 heterocycles. The Bertz CT molecular complexity index is 1560. The van der Waals surface area contributed by atoms with Gasteiger partial charge >= 0.3 is 5.95 Å². The zero-order chi connectivity index (χ0) is 24.5. The minimum Gasteiger partial charge on any atom is -0.453 e. The summed E-state index contributed by atoms with van der Waals surface area (Å²) in [6.45, 7) is 7.20. The van der Waals surface area contributed by atoms with Gasteiger partial charge in [-0.15, -0.1) is 6.57 Å². The average molecular weight is 465 g/mol. The molecule has 36 heavy (non-hydrogen) atoms. The van der Waals surface area contributed by atoms with Crippen molar-refractivity contribution >= 4 is 23.0 Å². The lowest BCUT2D eigenvalue weighted by molar-refractivity contribution is 0.477. The molecule has 6 rings (SSSR count). The molecule has 2 aromatic heterocycles. The third kappa shape index (κ3) is 3.47. The quantitative estimate of drug-likeness (QED) is 0.272. The molecular formula is C28H15N7O. The third-order valence-corrected chi connectivity index (χ3v) is 5.80. The third-order valence-electron chi connectivity index (χ3n) is 5.80. The molecule has 8 nitrogen and oxygen atoms in total. The minimum atomic E-state index is 0.0824.